The third kappa shape index (κ3) is 2.37. The topological polar surface area (TPSA) is 49.4 Å². The van der Waals surface area contributed by atoms with Crippen molar-refractivity contribution >= 4 is 27.0 Å². The summed E-state index contributed by atoms with van der Waals surface area (Å²) >= 11 is 1.71. The number of rotatable bonds is 3. The van der Waals surface area contributed by atoms with Crippen molar-refractivity contribution in [1.29, 1.82) is 0 Å². The Morgan fingerprint density at radius 3 is 2.81 bits per heavy atom. The molecule has 112 valence electrons. The van der Waals surface area contributed by atoms with Crippen molar-refractivity contribution in [3.05, 3.63) is 46.2 Å². The number of anilines is 1. The second kappa shape index (κ2) is 5.44. The SMILES string of the molecule is CNc1ccccc1S(=O)(=O)N1CCc2sccc2C1C. The first-order valence-corrected chi connectivity index (χ1v) is 9.22. The van der Waals surface area contributed by atoms with Gasteiger partial charge in [0.25, 0.3) is 0 Å². The van der Waals surface area contributed by atoms with E-state index in [2.05, 4.69) is 5.32 Å². The molecule has 1 aliphatic rings. The lowest BCUT2D eigenvalue weighted by atomic mass is 10.0. The second-order valence-electron chi connectivity index (χ2n) is 5.09. The molecule has 1 atom stereocenters. The van der Waals surface area contributed by atoms with E-state index in [-0.39, 0.29) is 6.04 Å². The average molecular weight is 322 g/mol. The molecule has 1 aromatic carbocycles. The normalized spacial score (nSPS) is 19.2. The lowest BCUT2D eigenvalue weighted by Gasteiger charge is -2.33. The zero-order valence-corrected chi connectivity index (χ0v) is 13.7. The molecule has 0 spiro atoms. The molecule has 2 aromatic rings. The molecule has 6 heteroatoms. The first kappa shape index (κ1) is 14.6. The number of thiophene rings is 1. The summed E-state index contributed by atoms with van der Waals surface area (Å²) in [5.41, 5.74) is 1.78. The van der Waals surface area contributed by atoms with Crippen molar-refractivity contribution in [3.8, 4) is 0 Å². The molecule has 0 fully saturated rings. The van der Waals surface area contributed by atoms with Gasteiger partial charge in [-0.25, -0.2) is 8.42 Å². The highest BCUT2D eigenvalue weighted by atomic mass is 32.2. The fourth-order valence-electron chi connectivity index (χ4n) is 2.84. The summed E-state index contributed by atoms with van der Waals surface area (Å²) in [6.45, 7) is 2.50. The van der Waals surface area contributed by atoms with Crippen LogP contribution in [0.25, 0.3) is 0 Å². The quantitative estimate of drug-likeness (QED) is 0.944. The predicted molar refractivity (Wildman–Crippen MR) is 86.3 cm³/mol. The Hall–Kier alpha value is -1.37. The van der Waals surface area contributed by atoms with E-state index in [1.54, 1.807) is 40.9 Å². The molecule has 1 unspecified atom stereocenters. The van der Waals surface area contributed by atoms with Gasteiger partial charge in [-0.3, -0.25) is 0 Å². The second-order valence-corrected chi connectivity index (χ2v) is 7.95. The van der Waals surface area contributed by atoms with Crippen LogP contribution in [0.1, 0.15) is 23.4 Å². The molecule has 3 rings (SSSR count). The van der Waals surface area contributed by atoms with Crippen LogP contribution in [0.5, 0.6) is 0 Å². The van der Waals surface area contributed by atoms with Crippen LogP contribution in [0.15, 0.2) is 40.6 Å². The van der Waals surface area contributed by atoms with E-state index in [0.717, 1.165) is 12.0 Å². The monoisotopic (exact) mass is 322 g/mol. The first-order valence-electron chi connectivity index (χ1n) is 6.90. The molecular formula is C15H18N2O2S2. The van der Waals surface area contributed by atoms with Crippen LogP contribution in [-0.2, 0) is 16.4 Å². The molecule has 1 aromatic heterocycles. The van der Waals surface area contributed by atoms with Gasteiger partial charge in [0.05, 0.1) is 5.69 Å². The number of hydrogen-bond acceptors (Lipinski definition) is 4. The summed E-state index contributed by atoms with van der Waals surface area (Å²) in [6, 6.07) is 8.97. The van der Waals surface area contributed by atoms with Crippen LogP contribution in [-0.4, -0.2) is 26.3 Å². The van der Waals surface area contributed by atoms with Gasteiger partial charge in [-0.2, -0.15) is 4.31 Å². The maximum atomic E-state index is 13.0. The smallest absolute Gasteiger partial charge is 0.245 e. The van der Waals surface area contributed by atoms with Crippen LogP contribution in [0.3, 0.4) is 0 Å². The van der Waals surface area contributed by atoms with Crippen molar-refractivity contribution in [2.45, 2.75) is 24.3 Å². The summed E-state index contributed by atoms with van der Waals surface area (Å²) < 4.78 is 27.6. The van der Waals surface area contributed by atoms with E-state index in [9.17, 15) is 8.42 Å². The van der Waals surface area contributed by atoms with E-state index in [4.69, 9.17) is 0 Å². The minimum atomic E-state index is -3.50. The van der Waals surface area contributed by atoms with Crippen LogP contribution < -0.4 is 5.32 Å². The largest absolute Gasteiger partial charge is 0.387 e. The zero-order chi connectivity index (χ0) is 15.0. The third-order valence-corrected chi connectivity index (χ3v) is 6.99. The van der Waals surface area contributed by atoms with E-state index in [1.165, 1.54) is 4.88 Å². The molecule has 21 heavy (non-hydrogen) atoms. The minimum Gasteiger partial charge on any atom is -0.387 e. The van der Waals surface area contributed by atoms with Crippen LogP contribution in [0, 0.1) is 0 Å². The number of benzene rings is 1. The molecule has 4 nitrogen and oxygen atoms in total. The molecule has 0 amide bonds. The number of nitrogens with zero attached hydrogens (tertiary/aromatic N) is 1. The van der Waals surface area contributed by atoms with Gasteiger partial charge in [-0.05, 0) is 42.5 Å². The predicted octanol–water partition coefficient (Wildman–Crippen LogP) is 3.10. The van der Waals surface area contributed by atoms with E-state index >= 15 is 0 Å². The number of para-hydroxylation sites is 1. The van der Waals surface area contributed by atoms with Crippen molar-refractivity contribution in [1.82, 2.24) is 4.31 Å². The Labute approximate surface area is 129 Å². The fraction of sp³-hybridized carbons (Fsp3) is 0.333. The van der Waals surface area contributed by atoms with Crippen molar-refractivity contribution in [2.24, 2.45) is 0 Å². The molecule has 0 radical (unpaired) electrons. The summed E-state index contributed by atoms with van der Waals surface area (Å²) in [7, 11) is -1.76. The Balaban J connectivity index is 2.04. The number of nitrogens with one attached hydrogen (secondary N) is 1. The molecule has 0 bridgehead atoms. The highest BCUT2D eigenvalue weighted by molar-refractivity contribution is 7.89. The van der Waals surface area contributed by atoms with Gasteiger partial charge in [-0.1, -0.05) is 12.1 Å². The molecule has 0 aliphatic carbocycles. The standard InChI is InChI=1S/C15H18N2O2S2/c1-11-12-8-10-20-14(12)7-9-17(11)21(18,19)15-6-4-3-5-13(15)16-2/h3-6,8,10-11,16H,7,9H2,1-2H3. The maximum absolute atomic E-state index is 13.0. The zero-order valence-electron chi connectivity index (χ0n) is 12.0. The van der Waals surface area contributed by atoms with Crippen LogP contribution in [0.2, 0.25) is 0 Å². The van der Waals surface area contributed by atoms with E-state index < -0.39 is 10.0 Å². The number of hydrogen-bond donors (Lipinski definition) is 1. The van der Waals surface area contributed by atoms with Gasteiger partial charge < -0.3 is 5.32 Å². The van der Waals surface area contributed by atoms with Crippen molar-refractivity contribution < 1.29 is 8.42 Å². The van der Waals surface area contributed by atoms with Gasteiger partial charge in [0.1, 0.15) is 4.90 Å². The molecule has 0 saturated heterocycles. The Bertz CT molecular complexity index is 753. The van der Waals surface area contributed by atoms with Gasteiger partial charge in [-0.15, -0.1) is 11.3 Å². The molecule has 0 saturated carbocycles. The molecule has 1 N–H and O–H groups in total. The first-order chi connectivity index (χ1) is 10.1. The number of sulfonamides is 1. The van der Waals surface area contributed by atoms with E-state index in [1.807, 2.05) is 24.4 Å². The number of fused-ring (bicyclic) bond motifs is 1. The van der Waals surface area contributed by atoms with Crippen LogP contribution >= 0.6 is 11.3 Å². The molecule has 2 heterocycles. The highest BCUT2D eigenvalue weighted by Crippen LogP contribution is 2.37. The minimum absolute atomic E-state index is 0.116. The van der Waals surface area contributed by atoms with Crippen molar-refractivity contribution in [2.75, 3.05) is 18.9 Å². The Kier molecular flexibility index (Phi) is 3.77. The van der Waals surface area contributed by atoms with Gasteiger partial charge in [0, 0.05) is 24.5 Å². The van der Waals surface area contributed by atoms with Gasteiger partial charge in [0.2, 0.25) is 10.0 Å². The van der Waals surface area contributed by atoms with Gasteiger partial charge >= 0.3 is 0 Å². The Morgan fingerprint density at radius 1 is 1.29 bits per heavy atom. The van der Waals surface area contributed by atoms with Crippen LogP contribution in [0.4, 0.5) is 5.69 Å². The Morgan fingerprint density at radius 2 is 2.05 bits per heavy atom. The molecule has 1 aliphatic heterocycles. The molecular weight excluding hydrogens is 304 g/mol. The fourth-order valence-corrected chi connectivity index (χ4v) is 5.61. The summed E-state index contributed by atoms with van der Waals surface area (Å²) in [4.78, 5) is 1.65. The maximum Gasteiger partial charge on any atom is 0.245 e. The lowest BCUT2D eigenvalue weighted by molar-refractivity contribution is 0.329. The summed E-state index contributed by atoms with van der Waals surface area (Å²) in [5.74, 6) is 0. The summed E-state index contributed by atoms with van der Waals surface area (Å²) in [6.07, 6.45) is 0.790. The van der Waals surface area contributed by atoms with E-state index in [0.29, 0.717) is 17.1 Å². The lowest BCUT2D eigenvalue weighted by Crippen LogP contribution is -2.38. The van der Waals surface area contributed by atoms with Gasteiger partial charge in [0.15, 0.2) is 0 Å². The third-order valence-electron chi connectivity index (χ3n) is 3.96. The van der Waals surface area contributed by atoms with Crippen molar-refractivity contribution in [3.63, 3.8) is 0 Å². The summed E-state index contributed by atoms with van der Waals surface area (Å²) in [5, 5.41) is 5.01. The highest BCUT2D eigenvalue weighted by Gasteiger charge is 2.35. The average Bonchev–Trinajstić information content (AvgIpc) is 2.96.